The lowest BCUT2D eigenvalue weighted by Crippen LogP contribution is -2.13. The highest BCUT2D eigenvalue weighted by molar-refractivity contribution is 5.86. The SMILES string of the molecule is O=C(C=CC=C([O-])C(=O)O)Oc1ccccc1O. The van der Waals surface area contributed by atoms with Crippen LogP contribution in [0.15, 0.2) is 48.3 Å². The maximum absolute atomic E-state index is 11.2. The van der Waals surface area contributed by atoms with Crippen molar-refractivity contribution in [3.8, 4) is 11.5 Å². The molecule has 0 aliphatic heterocycles. The molecule has 2 N–H and O–H groups in total. The van der Waals surface area contributed by atoms with E-state index in [0.717, 1.165) is 12.2 Å². The first-order valence-corrected chi connectivity index (χ1v) is 4.79. The molecule has 0 bridgehead atoms. The van der Waals surface area contributed by atoms with Crippen molar-refractivity contribution < 1.29 is 29.6 Å². The van der Waals surface area contributed by atoms with Crippen LogP contribution in [0.2, 0.25) is 0 Å². The molecule has 0 atom stereocenters. The zero-order valence-electron chi connectivity index (χ0n) is 9.07. The van der Waals surface area contributed by atoms with Crippen LogP contribution in [-0.2, 0) is 9.59 Å². The van der Waals surface area contributed by atoms with Crippen LogP contribution in [0.3, 0.4) is 0 Å². The number of rotatable bonds is 4. The third kappa shape index (κ3) is 4.01. The van der Waals surface area contributed by atoms with Gasteiger partial charge in [-0.1, -0.05) is 24.3 Å². The number of carbonyl (C=O) groups is 2. The van der Waals surface area contributed by atoms with Gasteiger partial charge in [0, 0.05) is 6.08 Å². The van der Waals surface area contributed by atoms with Gasteiger partial charge in [0.05, 0.1) is 0 Å². The van der Waals surface area contributed by atoms with Crippen molar-refractivity contribution in [2.45, 2.75) is 0 Å². The lowest BCUT2D eigenvalue weighted by atomic mass is 10.3. The summed E-state index contributed by atoms with van der Waals surface area (Å²) in [5.41, 5.74) is 0. The van der Waals surface area contributed by atoms with Gasteiger partial charge in [0.1, 0.15) is 0 Å². The second-order valence-corrected chi connectivity index (χ2v) is 3.08. The molecule has 0 unspecified atom stereocenters. The molecule has 0 heterocycles. The number of phenolic OH excluding ortho intramolecular Hbond substituents is 1. The van der Waals surface area contributed by atoms with E-state index in [0.29, 0.717) is 6.08 Å². The molecule has 6 heteroatoms. The average Bonchev–Trinajstić information content (AvgIpc) is 2.32. The lowest BCUT2D eigenvalue weighted by Gasteiger charge is -2.03. The average molecular weight is 249 g/mol. The van der Waals surface area contributed by atoms with E-state index in [2.05, 4.69) is 0 Å². The monoisotopic (exact) mass is 249 g/mol. The normalized spacial score (nSPS) is 11.4. The van der Waals surface area contributed by atoms with Crippen molar-refractivity contribution in [2.24, 2.45) is 0 Å². The minimum absolute atomic E-state index is 0.0308. The quantitative estimate of drug-likeness (QED) is 0.259. The third-order valence-corrected chi connectivity index (χ3v) is 1.77. The van der Waals surface area contributed by atoms with E-state index in [1.807, 2.05) is 0 Å². The van der Waals surface area contributed by atoms with Crippen LogP contribution in [0, 0.1) is 0 Å². The zero-order chi connectivity index (χ0) is 13.5. The number of aliphatic carboxylic acids is 1. The molecule has 6 nitrogen and oxygen atoms in total. The number of benzene rings is 1. The summed E-state index contributed by atoms with van der Waals surface area (Å²) in [4.78, 5) is 21.4. The fourth-order valence-corrected chi connectivity index (χ4v) is 0.971. The molecule has 0 saturated carbocycles. The van der Waals surface area contributed by atoms with Gasteiger partial charge in [0.2, 0.25) is 0 Å². The maximum Gasteiger partial charge on any atom is 0.336 e. The van der Waals surface area contributed by atoms with Crippen molar-refractivity contribution in [1.82, 2.24) is 0 Å². The number of aromatic hydroxyl groups is 1. The largest absolute Gasteiger partial charge is 0.868 e. The summed E-state index contributed by atoms with van der Waals surface area (Å²) in [5, 5.41) is 28.2. The molecule has 0 aliphatic carbocycles. The van der Waals surface area contributed by atoms with Crippen molar-refractivity contribution in [2.75, 3.05) is 0 Å². The van der Waals surface area contributed by atoms with E-state index in [-0.39, 0.29) is 11.5 Å². The van der Waals surface area contributed by atoms with E-state index in [4.69, 9.17) is 9.84 Å². The van der Waals surface area contributed by atoms with Gasteiger partial charge in [0.15, 0.2) is 11.5 Å². The van der Waals surface area contributed by atoms with Gasteiger partial charge >= 0.3 is 11.9 Å². The summed E-state index contributed by atoms with van der Waals surface area (Å²) >= 11 is 0. The molecule has 0 spiro atoms. The number of carboxylic acids is 1. The van der Waals surface area contributed by atoms with Crippen LogP contribution in [-0.4, -0.2) is 22.2 Å². The summed E-state index contributed by atoms with van der Waals surface area (Å²) in [6.45, 7) is 0. The third-order valence-electron chi connectivity index (χ3n) is 1.77. The predicted molar refractivity (Wildman–Crippen MR) is 58.6 cm³/mol. The predicted octanol–water partition coefficient (Wildman–Crippen LogP) is 0.183. The number of para-hydroxylation sites is 2. The fraction of sp³-hybridized carbons (Fsp3) is 0. The number of carbonyl (C=O) groups excluding carboxylic acids is 1. The minimum Gasteiger partial charge on any atom is -0.868 e. The molecule has 1 rings (SSSR count). The maximum atomic E-state index is 11.2. The molecule has 0 amide bonds. The first-order chi connectivity index (χ1) is 8.50. The van der Waals surface area contributed by atoms with Crippen LogP contribution in [0.25, 0.3) is 0 Å². The highest BCUT2D eigenvalue weighted by Crippen LogP contribution is 2.24. The first kappa shape index (κ1) is 13.3. The van der Waals surface area contributed by atoms with Gasteiger partial charge in [-0.2, -0.15) is 0 Å². The van der Waals surface area contributed by atoms with Gasteiger partial charge in [-0.25, -0.2) is 9.59 Å². The molecule has 1 aromatic rings. The summed E-state index contributed by atoms with van der Waals surface area (Å²) in [6, 6.07) is 5.84. The van der Waals surface area contributed by atoms with Crippen LogP contribution >= 0.6 is 0 Å². The van der Waals surface area contributed by atoms with Crippen LogP contribution in [0.1, 0.15) is 0 Å². The first-order valence-electron chi connectivity index (χ1n) is 4.79. The number of esters is 1. The Morgan fingerprint density at radius 3 is 2.56 bits per heavy atom. The Morgan fingerprint density at radius 2 is 1.94 bits per heavy atom. The zero-order valence-corrected chi connectivity index (χ0v) is 9.07. The molecule has 0 aliphatic rings. The van der Waals surface area contributed by atoms with Gasteiger partial charge in [-0.15, -0.1) is 0 Å². The van der Waals surface area contributed by atoms with E-state index in [1.165, 1.54) is 12.1 Å². The van der Waals surface area contributed by atoms with Crippen molar-refractivity contribution in [3.05, 3.63) is 48.3 Å². The standard InChI is InChI=1S/C12H10O6/c13-8-4-1-2-6-10(8)18-11(15)7-3-5-9(14)12(16)17/h1-7,13-14H,(H,16,17)/p-1. The molecule has 0 fully saturated rings. The number of ether oxygens (including phenoxy) is 1. The Balaban J connectivity index is 2.63. The fourth-order valence-electron chi connectivity index (χ4n) is 0.971. The Morgan fingerprint density at radius 1 is 1.28 bits per heavy atom. The summed E-state index contributed by atoms with van der Waals surface area (Å²) in [6.07, 6.45) is 2.54. The molecule has 0 aromatic heterocycles. The molecule has 1 aromatic carbocycles. The Kier molecular flexibility index (Phi) is 4.50. The molecule has 94 valence electrons. The number of hydrogen-bond acceptors (Lipinski definition) is 5. The molecule has 0 saturated heterocycles. The van der Waals surface area contributed by atoms with E-state index >= 15 is 0 Å². The Hall–Kier alpha value is -2.76. The van der Waals surface area contributed by atoms with E-state index < -0.39 is 17.7 Å². The second kappa shape index (κ2) is 6.09. The molecule has 0 radical (unpaired) electrons. The van der Waals surface area contributed by atoms with Crippen molar-refractivity contribution >= 4 is 11.9 Å². The molecular weight excluding hydrogens is 240 g/mol. The Bertz CT molecular complexity index is 515. The van der Waals surface area contributed by atoms with E-state index in [9.17, 15) is 19.8 Å². The highest BCUT2D eigenvalue weighted by Gasteiger charge is 2.04. The highest BCUT2D eigenvalue weighted by atomic mass is 16.5. The van der Waals surface area contributed by atoms with Crippen molar-refractivity contribution in [3.63, 3.8) is 0 Å². The van der Waals surface area contributed by atoms with Crippen LogP contribution < -0.4 is 9.84 Å². The van der Waals surface area contributed by atoms with Gasteiger partial charge in [-0.05, 0) is 17.9 Å². The number of hydrogen-bond donors (Lipinski definition) is 2. The summed E-state index contributed by atoms with van der Waals surface area (Å²) in [7, 11) is 0. The van der Waals surface area contributed by atoms with Crippen molar-refractivity contribution in [1.29, 1.82) is 0 Å². The minimum atomic E-state index is -1.62. The molecule has 18 heavy (non-hydrogen) atoms. The lowest BCUT2D eigenvalue weighted by molar-refractivity contribution is -0.302. The number of allylic oxidation sites excluding steroid dienone is 2. The Labute approximate surface area is 102 Å². The van der Waals surface area contributed by atoms with Gasteiger partial charge < -0.3 is 20.1 Å². The molecular formula is C12H9O6-. The smallest absolute Gasteiger partial charge is 0.336 e. The number of carboxylic acid groups (broad SMARTS) is 1. The summed E-state index contributed by atoms with van der Waals surface area (Å²) in [5.74, 6) is -3.84. The summed E-state index contributed by atoms with van der Waals surface area (Å²) < 4.78 is 4.73. The van der Waals surface area contributed by atoms with Gasteiger partial charge in [0.25, 0.3) is 0 Å². The second-order valence-electron chi connectivity index (χ2n) is 3.08. The number of phenols is 1. The van der Waals surface area contributed by atoms with Crippen LogP contribution in [0.4, 0.5) is 0 Å². The topological polar surface area (TPSA) is 107 Å². The van der Waals surface area contributed by atoms with E-state index in [1.54, 1.807) is 12.1 Å². The van der Waals surface area contributed by atoms with Crippen LogP contribution in [0.5, 0.6) is 11.5 Å². The van der Waals surface area contributed by atoms with Gasteiger partial charge in [-0.3, -0.25) is 0 Å².